The van der Waals surface area contributed by atoms with Gasteiger partial charge in [0.05, 0.1) is 25.0 Å². The second kappa shape index (κ2) is 12.8. The van der Waals surface area contributed by atoms with Gasteiger partial charge in [0.15, 0.2) is 0 Å². The third-order valence-electron chi connectivity index (χ3n) is 2.52. The average Bonchev–Trinajstić information content (AvgIpc) is 2.48. The van der Waals surface area contributed by atoms with Gasteiger partial charge in [-0.15, -0.1) is 0 Å². The van der Waals surface area contributed by atoms with Gasteiger partial charge in [-0.25, -0.2) is 0 Å². The van der Waals surface area contributed by atoms with Crippen LogP contribution in [0.3, 0.4) is 0 Å². The number of carbonyl (C=O) groups excluding carboxylic acids is 2. The molecule has 0 aromatic heterocycles. The molecule has 6 heteroatoms. The summed E-state index contributed by atoms with van der Waals surface area (Å²) in [7, 11) is 0. The SMILES string of the molecule is CC(C)C[NH3+].CC(C)C[NH3+].O=C([O-])c1ccccc1C(=O)[O-]. The van der Waals surface area contributed by atoms with Crippen LogP contribution >= 0.6 is 0 Å². The minimum Gasteiger partial charge on any atom is -0.545 e. The molecular formula is C16H28N2O4. The molecule has 0 saturated carbocycles. The van der Waals surface area contributed by atoms with Gasteiger partial charge < -0.3 is 31.3 Å². The highest BCUT2D eigenvalue weighted by atomic mass is 16.4. The number of rotatable bonds is 4. The van der Waals surface area contributed by atoms with Crippen molar-refractivity contribution in [1.82, 2.24) is 0 Å². The predicted octanol–water partition coefficient (Wildman–Crippen LogP) is -1.82. The van der Waals surface area contributed by atoms with Crippen LogP contribution in [0.5, 0.6) is 0 Å². The van der Waals surface area contributed by atoms with E-state index in [2.05, 4.69) is 39.2 Å². The van der Waals surface area contributed by atoms with Crippen molar-refractivity contribution in [3.8, 4) is 0 Å². The van der Waals surface area contributed by atoms with Crippen molar-refractivity contribution in [3.05, 3.63) is 35.4 Å². The first kappa shape index (κ1) is 22.4. The molecule has 0 aliphatic heterocycles. The third-order valence-corrected chi connectivity index (χ3v) is 2.52. The highest BCUT2D eigenvalue weighted by Crippen LogP contribution is 2.05. The summed E-state index contributed by atoms with van der Waals surface area (Å²) >= 11 is 0. The first-order chi connectivity index (χ1) is 10.2. The molecule has 0 aliphatic rings. The lowest BCUT2D eigenvalue weighted by atomic mass is 10.1. The quantitative estimate of drug-likeness (QED) is 0.676. The van der Waals surface area contributed by atoms with Gasteiger partial charge in [-0.05, 0) is 0 Å². The third kappa shape index (κ3) is 11.9. The predicted molar refractivity (Wildman–Crippen MR) is 80.3 cm³/mol. The summed E-state index contributed by atoms with van der Waals surface area (Å²) in [5.41, 5.74) is 6.64. The molecule has 0 spiro atoms. The van der Waals surface area contributed by atoms with Gasteiger partial charge >= 0.3 is 0 Å². The molecule has 0 saturated heterocycles. The zero-order valence-electron chi connectivity index (χ0n) is 13.9. The fraction of sp³-hybridized carbons (Fsp3) is 0.500. The van der Waals surface area contributed by atoms with Gasteiger partial charge in [0.25, 0.3) is 0 Å². The van der Waals surface area contributed by atoms with Gasteiger partial charge in [0.2, 0.25) is 0 Å². The number of carbonyl (C=O) groups is 2. The Morgan fingerprint density at radius 2 is 1.09 bits per heavy atom. The van der Waals surface area contributed by atoms with Crippen LogP contribution in [0.4, 0.5) is 0 Å². The van der Waals surface area contributed by atoms with Crippen LogP contribution in [0.15, 0.2) is 24.3 Å². The van der Waals surface area contributed by atoms with E-state index in [9.17, 15) is 19.8 Å². The van der Waals surface area contributed by atoms with Crippen molar-refractivity contribution in [1.29, 1.82) is 0 Å². The van der Waals surface area contributed by atoms with Crippen molar-refractivity contribution >= 4 is 11.9 Å². The van der Waals surface area contributed by atoms with Crippen LogP contribution in [0.25, 0.3) is 0 Å². The summed E-state index contributed by atoms with van der Waals surface area (Å²) < 4.78 is 0. The Labute approximate surface area is 132 Å². The van der Waals surface area contributed by atoms with Crippen molar-refractivity contribution in [2.75, 3.05) is 13.1 Å². The maximum Gasteiger partial charge on any atom is 0.0763 e. The Bertz CT molecular complexity index is 405. The van der Waals surface area contributed by atoms with E-state index in [4.69, 9.17) is 0 Å². The van der Waals surface area contributed by atoms with E-state index in [0.717, 1.165) is 37.1 Å². The summed E-state index contributed by atoms with van der Waals surface area (Å²) in [6, 6.07) is 5.14. The van der Waals surface area contributed by atoms with Crippen molar-refractivity contribution in [2.24, 2.45) is 11.8 Å². The monoisotopic (exact) mass is 312 g/mol. The summed E-state index contributed by atoms with van der Waals surface area (Å²) in [6.45, 7) is 10.8. The first-order valence-electron chi connectivity index (χ1n) is 7.27. The molecule has 0 unspecified atom stereocenters. The van der Waals surface area contributed by atoms with Crippen LogP contribution in [0.2, 0.25) is 0 Å². The minimum atomic E-state index is -1.52. The van der Waals surface area contributed by atoms with Crippen LogP contribution < -0.4 is 21.7 Å². The number of carboxylic acids is 2. The molecule has 0 amide bonds. The van der Waals surface area contributed by atoms with Gasteiger partial charge in [0, 0.05) is 23.0 Å². The molecule has 0 radical (unpaired) electrons. The molecule has 126 valence electrons. The molecule has 0 fully saturated rings. The van der Waals surface area contributed by atoms with Crippen LogP contribution in [0, 0.1) is 11.8 Å². The number of quaternary nitrogens is 2. The maximum absolute atomic E-state index is 10.3. The second-order valence-corrected chi connectivity index (χ2v) is 5.49. The van der Waals surface area contributed by atoms with Crippen LogP contribution in [-0.4, -0.2) is 25.0 Å². The molecule has 22 heavy (non-hydrogen) atoms. The topological polar surface area (TPSA) is 136 Å². The normalized spacial score (nSPS) is 9.45. The number of hydrogen-bond acceptors (Lipinski definition) is 4. The fourth-order valence-electron chi connectivity index (χ4n) is 0.839. The molecule has 1 rings (SSSR count). The standard InChI is InChI=1S/C8H6O4.2C4H11N/c9-7(10)5-3-1-2-4-6(5)8(11)12;2*1-4(2)3-5/h1-4H,(H,9,10)(H,11,12);2*4H,3,5H2,1-2H3. The summed E-state index contributed by atoms with van der Waals surface area (Å²) in [5.74, 6) is -1.49. The van der Waals surface area contributed by atoms with Crippen molar-refractivity contribution in [3.63, 3.8) is 0 Å². The Kier molecular flexibility index (Phi) is 13.0. The van der Waals surface area contributed by atoms with E-state index >= 15 is 0 Å². The van der Waals surface area contributed by atoms with Gasteiger partial charge in [0.1, 0.15) is 0 Å². The fourth-order valence-corrected chi connectivity index (χ4v) is 0.839. The highest BCUT2D eigenvalue weighted by molar-refractivity contribution is 5.99. The van der Waals surface area contributed by atoms with Gasteiger partial charge in [-0.3, -0.25) is 0 Å². The number of hydrogen-bond donors (Lipinski definition) is 2. The van der Waals surface area contributed by atoms with E-state index in [1.807, 2.05) is 0 Å². The highest BCUT2D eigenvalue weighted by Gasteiger charge is 2.01. The lowest BCUT2D eigenvalue weighted by Crippen LogP contribution is -2.52. The zero-order chi connectivity index (χ0) is 17.7. The molecular weight excluding hydrogens is 284 g/mol. The van der Waals surface area contributed by atoms with Crippen LogP contribution in [0.1, 0.15) is 48.4 Å². The Morgan fingerprint density at radius 3 is 1.23 bits per heavy atom. The second-order valence-electron chi connectivity index (χ2n) is 5.49. The molecule has 6 N–H and O–H groups in total. The van der Waals surface area contributed by atoms with E-state index < -0.39 is 11.9 Å². The molecule has 1 aromatic carbocycles. The zero-order valence-corrected chi connectivity index (χ0v) is 13.9. The lowest BCUT2D eigenvalue weighted by molar-refractivity contribution is -0.377. The summed E-state index contributed by atoms with van der Waals surface area (Å²) in [4.78, 5) is 20.6. The van der Waals surface area contributed by atoms with Crippen LogP contribution in [-0.2, 0) is 0 Å². The van der Waals surface area contributed by atoms with Gasteiger partial charge in [-0.1, -0.05) is 52.0 Å². The Morgan fingerprint density at radius 1 is 0.864 bits per heavy atom. The van der Waals surface area contributed by atoms with E-state index in [-0.39, 0.29) is 11.1 Å². The Hall–Kier alpha value is -1.92. The lowest BCUT2D eigenvalue weighted by Gasteiger charge is -2.09. The maximum atomic E-state index is 10.3. The molecule has 6 nitrogen and oxygen atoms in total. The number of benzene rings is 1. The first-order valence-corrected chi connectivity index (χ1v) is 7.27. The van der Waals surface area contributed by atoms with E-state index in [1.165, 1.54) is 12.1 Å². The minimum absolute atomic E-state index is 0.363. The molecule has 1 aromatic rings. The van der Waals surface area contributed by atoms with Crippen molar-refractivity contribution < 1.29 is 31.3 Å². The molecule has 0 aliphatic carbocycles. The van der Waals surface area contributed by atoms with Crippen molar-refractivity contribution in [2.45, 2.75) is 27.7 Å². The number of aromatic carboxylic acids is 2. The van der Waals surface area contributed by atoms with E-state index in [0.29, 0.717) is 0 Å². The average molecular weight is 312 g/mol. The summed E-state index contributed by atoms with van der Waals surface area (Å²) in [5, 5.41) is 20.6. The molecule has 0 bridgehead atoms. The number of carboxylic acid groups (broad SMARTS) is 2. The Balaban J connectivity index is 0. The largest absolute Gasteiger partial charge is 0.545 e. The smallest absolute Gasteiger partial charge is 0.0763 e. The molecule has 0 heterocycles. The van der Waals surface area contributed by atoms with Gasteiger partial charge in [-0.2, -0.15) is 0 Å². The molecule has 0 atom stereocenters. The summed E-state index contributed by atoms with van der Waals surface area (Å²) in [6.07, 6.45) is 0. The van der Waals surface area contributed by atoms with E-state index in [1.54, 1.807) is 0 Å².